The molecule has 0 heterocycles. The van der Waals surface area contributed by atoms with Gasteiger partial charge in [0.15, 0.2) is 5.78 Å². The Balaban J connectivity index is 1.74. The van der Waals surface area contributed by atoms with Crippen molar-refractivity contribution in [3.8, 4) is 11.5 Å². The van der Waals surface area contributed by atoms with Crippen molar-refractivity contribution >= 4 is 33.3 Å². The van der Waals surface area contributed by atoms with Crippen LogP contribution >= 0.6 is 27.5 Å². The molecule has 3 rings (SSSR count). The van der Waals surface area contributed by atoms with Crippen LogP contribution in [0.3, 0.4) is 0 Å². The first-order valence-corrected chi connectivity index (χ1v) is 11.3. The van der Waals surface area contributed by atoms with E-state index < -0.39 is 0 Å². The van der Waals surface area contributed by atoms with Crippen molar-refractivity contribution < 1.29 is 14.3 Å². The summed E-state index contributed by atoms with van der Waals surface area (Å²) in [6.45, 7) is 0.812. The summed E-state index contributed by atoms with van der Waals surface area (Å²) >= 11 is 9.46. The van der Waals surface area contributed by atoms with E-state index in [1.54, 1.807) is 6.07 Å². The monoisotopic (exact) mass is 464 g/mol. The minimum atomic E-state index is -0.178. The number of ketones is 1. The Kier molecular flexibility index (Phi) is 8.23. The van der Waals surface area contributed by atoms with E-state index in [1.165, 1.54) is 19.3 Å². The largest absolute Gasteiger partial charge is 0.491 e. The number of hydrogen-bond acceptors (Lipinski definition) is 3. The maximum atomic E-state index is 13.1. The number of hydrogen-bond donors (Lipinski definition) is 0. The average Bonchev–Trinajstić information content (AvgIpc) is 2.76. The molecule has 1 saturated carbocycles. The second-order valence-corrected chi connectivity index (χ2v) is 8.50. The van der Waals surface area contributed by atoms with Crippen LogP contribution in [0.4, 0.5) is 0 Å². The Labute approximate surface area is 180 Å². The van der Waals surface area contributed by atoms with Gasteiger partial charge in [0.05, 0.1) is 16.3 Å². The third kappa shape index (κ3) is 5.74. The minimum absolute atomic E-state index is 0.0751. The predicted octanol–water partition coefficient (Wildman–Crippen LogP) is 6.41. The van der Waals surface area contributed by atoms with Gasteiger partial charge < -0.3 is 9.47 Å². The molecule has 0 aliphatic heterocycles. The van der Waals surface area contributed by atoms with E-state index in [9.17, 15) is 4.79 Å². The standard InChI is InChI=1S/C23H26BrClO3/c24-22(18-9-5-2-6-10-18)23(26)20-12-11-19(15-21(20)27-14-13-25)28-16-17-7-3-1-4-8-17/h1,3-4,7-8,11-12,15,18,22H,2,5-6,9-10,13-14,16H2. The van der Waals surface area contributed by atoms with Gasteiger partial charge >= 0.3 is 0 Å². The number of carbonyl (C=O) groups excluding carboxylic acids is 1. The zero-order valence-corrected chi connectivity index (χ0v) is 18.3. The van der Waals surface area contributed by atoms with Crippen molar-refractivity contribution in [2.45, 2.75) is 43.5 Å². The quantitative estimate of drug-likeness (QED) is 0.317. The van der Waals surface area contributed by atoms with Gasteiger partial charge in [0.25, 0.3) is 0 Å². The Morgan fingerprint density at radius 1 is 1.07 bits per heavy atom. The van der Waals surface area contributed by atoms with E-state index in [2.05, 4.69) is 15.9 Å². The molecule has 0 amide bonds. The van der Waals surface area contributed by atoms with Crippen LogP contribution in [-0.2, 0) is 6.61 Å². The molecule has 2 aromatic carbocycles. The molecule has 0 radical (unpaired) electrons. The first kappa shape index (κ1) is 21.2. The maximum Gasteiger partial charge on any atom is 0.180 e. The molecule has 2 aromatic rings. The van der Waals surface area contributed by atoms with Gasteiger partial charge in [0.1, 0.15) is 24.7 Å². The number of rotatable bonds is 9. The van der Waals surface area contributed by atoms with Gasteiger partial charge in [-0.2, -0.15) is 0 Å². The molecule has 0 N–H and O–H groups in total. The fraction of sp³-hybridized carbons (Fsp3) is 0.435. The van der Waals surface area contributed by atoms with E-state index in [4.69, 9.17) is 21.1 Å². The lowest BCUT2D eigenvalue weighted by Gasteiger charge is -2.26. The van der Waals surface area contributed by atoms with Gasteiger partial charge in [-0.25, -0.2) is 0 Å². The Morgan fingerprint density at radius 2 is 1.82 bits per heavy atom. The molecule has 0 spiro atoms. The summed E-state index contributed by atoms with van der Waals surface area (Å²) in [4.78, 5) is 12.9. The third-order valence-electron chi connectivity index (χ3n) is 5.12. The van der Waals surface area contributed by atoms with Crippen molar-refractivity contribution in [3.63, 3.8) is 0 Å². The lowest BCUT2D eigenvalue weighted by Crippen LogP contribution is -2.26. The maximum absolute atomic E-state index is 13.1. The zero-order chi connectivity index (χ0) is 19.8. The highest BCUT2D eigenvalue weighted by Gasteiger charge is 2.29. The first-order valence-electron chi connectivity index (χ1n) is 9.87. The lowest BCUT2D eigenvalue weighted by atomic mass is 9.84. The Morgan fingerprint density at radius 3 is 2.54 bits per heavy atom. The van der Waals surface area contributed by atoms with Gasteiger partial charge in [-0.1, -0.05) is 65.5 Å². The van der Waals surface area contributed by atoms with E-state index in [0.29, 0.717) is 42.1 Å². The van der Waals surface area contributed by atoms with Gasteiger partial charge in [-0.15, -0.1) is 11.6 Å². The smallest absolute Gasteiger partial charge is 0.180 e. The summed E-state index contributed by atoms with van der Waals surface area (Å²) in [7, 11) is 0. The molecular formula is C23H26BrClO3. The molecule has 1 aliphatic rings. The van der Waals surface area contributed by atoms with Crippen LogP contribution in [0.25, 0.3) is 0 Å². The molecule has 1 fully saturated rings. The van der Waals surface area contributed by atoms with Crippen molar-refractivity contribution in [1.82, 2.24) is 0 Å². The first-order chi connectivity index (χ1) is 13.7. The number of alkyl halides is 2. The van der Waals surface area contributed by atoms with Crippen LogP contribution in [0.15, 0.2) is 48.5 Å². The van der Waals surface area contributed by atoms with Gasteiger partial charge in [0.2, 0.25) is 0 Å². The van der Waals surface area contributed by atoms with Crippen molar-refractivity contribution in [3.05, 3.63) is 59.7 Å². The fourth-order valence-corrected chi connectivity index (χ4v) is 4.45. The van der Waals surface area contributed by atoms with Crippen molar-refractivity contribution in [1.29, 1.82) is 0 Å². The van der Waals surface area contributed by atoms with E-state index in [-0.39, 0.29) is 10.6 Å². The highest BCUT2D eigenvalue weighted by Crippen LogP contribution is 2.35. The lowest BCUT2D eigenvalue weighted by molar-refractivity contribution is 0.0959. The summed E-state index contributed by atoms with van der Waals surface area (Å²) < 4.78 is 11.7. The predicted molar refractivity (Wildman–Crippen MR) is 117 cm³/mol. The molecule has 1 aliphatic carbocycles. The van der Waals surface area contributed by atoms with Crippen LogP contribution in [0, 0.1) is 5.92 Å². The molecule has 1 atom stereocenters. The zero-order valence-electron chi connectivity index (χ0n) is 15.9. The molecule has 0 bridgehead atoms. The van der Waals surface area contributed by atoms with Gasteiger partial charge in [-0.05, 0) is 36.5 Å². The molecule has 5 heteroatoms. The normalized spacial score (nSPS) is 15.8. The Bertz CT molecular complexity index is 760. The molecule has 3 nitrogen and oxygen atoms in total. The highest BCUT2D eigenvalue weighted by molar-refractivity contribution is 9.10. The summed E-state index contributed by atoms with van der Waals surface area (Å²) in [5.41, 5.74) is 1.67. The van der Waals surface area contributed by atoms with Crippen molar-refractivity contribution in [2.75, 3.05) is 12.5 Å². The molecular weight excluding hydrogens is 440 g/mol. The number of benzene rings is 2. The topological polar surface area (TPSA) is 35.5 Å². The summed E-state index contributed by atoms with van der Waals surface area (Å²) in [5.74, 6) is 2.04. The van der Waals surface area contributed by atoms with E-state index in [0.717, 1.165) is 18.4 Å². The molecule has 28 heavy (non-hydrogen) atoms. The van der Waals surface area contributed by atoms with Gasteiger partial charge in [0, 0.05) is 6.07 Å². The SMILES string of the molecule is O=C(c1ccc(OCc2ccccc2)cc1OCCCl)C(Br)C1CCCCC1. The molecule has 1 unspecified atom stereocenters. The van der Waals surface area contributed by atoms with Crippen LogP contribution in [0.2, 0.25) is 0 Å². The number of halogens is 2. The number of Topliss-reactive ketones (excluding diaryl/α,β-unsaturated/α-hetero) is 1. The minimum Gasteiger partial charge on any atom is -0.491 e. The van der Waals surface area contributed by atoms with Crippen LogP contribution < -0.4 is 9.47 Å². The number of ether oxygens (including phenoxy) is 2. The second kappa shape index (κ2) is 10.9. The summed E-state index contributed by atoms with van der Waals surface area (Å²) in [6, 6.07) is 15.4. The summed E-state index contributed by atoms with van der Waals surface area (Å²) in [6.07, 6.45) is 5.85. The van der Waals surface area contributed by atoms with Crippen LogP contribution in [-0.4, -0.2) is 23.1 Å². The second-order valence-electron chi connectivity index (χ2n) is 7.13. The average molecular weight is 466 g/mol. The van der Waals surface area contributed by atoms with Crippen molar-refractivity contribution in [2.24, 2.45) is 5.92 Å². The molecule has 150 valence electrons. The van der Waals surface area contributed by atoms with E-state index >= 15 is 0 Å². The highest BCUT2D eigenvalue weighted by atomic mass is 79.9. The molecule has 0 aromatic heterocycles. The fourth-order valence-electron chi connectivity index (χ4n) is 3.59. The van der Waals surface area contributed by atoms with E-state index in [1.807, 2.05) is 42.5 Å². The number of carbonyl (C=O) groups is 1. The Hall–Kier alpha value is -1.52. The van der Waals surface area contributed by atoms with Crippen LogP contribution in [0.1, 0.15) is 48.0 Å². The van der Waals surface area contributed by atoms with Crippen LogP contribution in [0.5, 0.6) is 11.5 Å². The molecule has 0 saturated heterocycles. The summed E-state index contributed by atoms with van der Waals surface area (Å²) in [5, 5.41) is 0. The van der Waals surface area contributed by atoms with Gasteiger partial charge in [-0.3, -0.25) is 4.79 Å². The third-order valence-corrected chi connectivity index (χ3v) is 6.43.